The smallest absolute Gasteiger partial charge is 0.233 e. The number of fused-ring (bicyclic) bond motifs is 1. The Morgan fingerprint density at radius 1 is 1.23 bits per heavy atom. The molecule has 0 bridgehead atoms. The van der Waals surface area contributed by atoms with Gasteiger partial charge < -0.3 is 4.90 Å². The number of rotatable bonds is 5. The van der Waals surface area contributed by atoms with Gasteiger partial charge in [-0.2, -0.15) is 0 Å². The standard InChI is InChI=1S/C23H27ClN4O2/c1-15-18-11-19(29)28(12-16-7-5-4-6-8-16)21(18)26-20(25-15)17-9-10-27(13-17)22(30)23(2,3)14-24/h4-8,17H,9-14H2,1-3H3. The van der Waals surface area contributed by atoms with Crippen molar-refractivity contribution in [3.63, 3.8) is 0 Å². The second kappa shape index (κ2) is 7.99. The first-order valence-corrected chi connectivity index (χ1v) is 10.9. The Morgan fingerprint density at radius 2 is 1.97 bits per heavy atom. The third kappa shape index (κ3) is 3.81. The molecule has 158 valence electrons. The van der Waals surface area contributed by atoms with E-state index in [-0.39, 0.29) is 23.6 Å². The van der Waals surface area contributed by atoms with Crippen LogP contribution in [0.15, 0.2) is 30.3 Å². The lowest BCUT2D eigenvalue weighted by Gasteiger charge is -2.27. The number of anilines is 1. The van der Waals surface area contributed by atoms with Crippen LogP contribution in [0.3, 0.4) is 0 Å². The maximum atomic E-state index is 12.8. The summed E-state index contributed by atoms with van der Waals surface area (Å²) in [6.45, 7) is 7.46. The van der Waals surface area contributed by atoms with Crippen molar-refractivity contribution in [2.75, 3.05) is 23.9 Å². The summed E-state index contributed by atoms with van der Waals surface area (Å²) in [5.41, 5.74) is 2.25. The zero-order chi connectivity index (χ0) is 21.5. The van der Waals surface area contributed by atoms with Crippen molar-refractivity contribution < 1.29 is 9.59 Å². The van der Waals surface area contributed by atoms with Crippen LogP contribution < -0.4 is 4.90 Å². The van der Waals surface area contributed by atoms with Crippen LogP contribution in [0.5, 0.6) is 0 Å². The maximum absolute atomic E-state index is 12.8. The van der Waals surface area contributed by atoms with Crippen LogP contribution in [0, 0.1) is 12.3 Å². The first-order chi connectivity index (χ1) is 14.3. The number of benzene rings is 1. The van der Waals surface area contributed by atoms with Gasteiger partial charge in [-0.25, -0.2) is 9.97 Å². The van der Waals surface area contributed by atoms with Gasteiger partial charge in [-0.05, 0) is 32.8 Å². The Morgan fingerprint density at radius 3 is 2.67 bits per heavy atom. The van der Waals surface area contributed by atoms with Crippen LogP contribution in [-0.4, -0.2) is 45.7 Å². The summed E-state index contributed by atoms with van der Waals surface area (Å²) >= 11 is 5.99. The highest BCUT2D eigenvalue weighted by molar-refractivity contribution is 6.19. The summed E-state index contributed by atoms with van der Waals surface area (Å²) in [6, 6.07) is 9.94. The summed E-state index contributed by atoms with van der Waals surface area (Å²) in [5.74, 6) is 1.92. The van der Waals surface area contributed by atoms with E-state index in [1.165, 1.54) is 0 Å². The molecule has 30 heavy (non-hydrogen) atoms. The van der Waals surface area contributed by atoms with Crippen LogP contribution in [0.25, 0.3) is 0 Å². The van der Waals surface area contributed by atoms with E-state index in [1.54, 1.807) is 4.90 Å². The number of aryl methyl sites for hydroxylation is 1. The number of carbonyl (C=O) groups excluding carboxylic acids is 2. The van der Waals surface area contributed by atoms with Gasteiger partial charge in [-0.15, -0.1) is 11.6 Å². The van der Waals surface area contributed by atoms with Gasteiger partial charge in [0.05, 0.1) is 18.4 Å². The average molecular weight is 427 g/mol. The number of hydrogen-bond donors (Lipinski definition) is 0. The molecular weight excluding hydrogens is 400 g/mol. The molecule has 1 saturated heterocycles. The fourth-order valence-corrected chi connectivity index (χ4v) is 4.26. The molecule has 6 nitrogen and oxygen atoms in total. The van der Waals surface area contributed by atoms with Gasteiger partial charge in [0.25, 0.3) is 0 Å². The van der Waals surface area contributed by atoms with Gasteiger partial charge in [0.2, 0.25) is 11.8 Å². The summed E-state index contributed by atoms with van der Waals surface area (Å²) < 4.78 is 0. The minimum absolute atomic E-state index is 0.0514. The molecule has 0 N–H and O–H groups in total. The fraction of sp³-hybridized carbons (Fsp3) is 0.478. The first-order valence-electron chi connectivity index (χ1n) is 10.4. The monoisotopic (exact) mass is 426 g/mol. The predicted octanol–water partition coefficient (Wildman–Crippen LogP) is 3.46. The first kappa shape index (κ1) is 20.8. The minimum Gasteiger partial charge on any atom is -0.341 e. The van der Waals surface area contributed by atoms with Crippen LogP contribution in [0.2, 0.25) is 0 Å². The largest absolute Gasteiger partial charge is 0.341 e. The molecule has 1 fully saturated rings. The second-order valence-electron chi connectivity index (χ2n) is 8.87. The molecule has 0 saturated carbocycles. The van der Waals surface area contributed by atoms with Crippen molar-refractivity contribution in [2.24, 2.45) is 5.41 Å². The number of carbonyl (C=O) groups is 2. The van der Waals surface area contributed by atoms with Crippen LogP contribution in [0.4, 0.5) is 5.82 Å². The lowest BCUT2D eigenvalue weighted by atomic mass is 9.94. The molecule has 1 aromatic carbocycles. The number of alkyl halides is 1. The highest BCUT2D eigenvalue weighted by Gasteiger charge is 2.38. The average Bonchev–Trinajstić information content (AvgIpc) is 3.34. The number of halogens is 1. The molecule has 0 radical (unpaired) electrons. The molecule has 2 aliphatic rings. The van der Waals surface area contributed by atoms with Crippen molar-refractivity contribution in [2.45, 2.75) is 46.1 Å². The van der Waals surface area contributed by atoms with Crippen LogP contribution >= 0.6 is 11.6 Å². The zero-order valence-electron chi connectivity index (χ0n) is 17.7. The zero-order valence-corrected chi connectivity index (χ0v) is 18.4. The quantitative estimate of drug-likeness (QED) is 0.687. The Labute approximate surface area is 182 Å². The Hall–Kier alpha value is -2.47. The topological polar surface area (TPSA) is 66.4 Å². The molecule has 1 unspecified atom stereocenters. The molecule has 3 heterocycles. The molecule has 1 aromatic heterocycles. The Bertz CT molecular complexity index is 977. The molecule has 2 amide bonds. The van der Waals surface area contributed by atoms with E-state index in [1.807, 2.05) is 56.0 Å². The van der Waals surface area contributed by atoms with E-state index < -0.39 is 5.41 Å². The molecule has 1 atom stereocenters. The van der Waals surface area contributed by atoms with Crippen molar-refractivity contribution >= 4 is 29.2 Å². The summed E-state index contributed by atoms with van der Waals surface area (Å²) in [6.07, 6.45) is 1.16. The number of nitrogens with zero attached hydrogens (tertiary/aromatic N) is 4. The lowest BCUT2D eigenvalue weighted by molar-refractivity contribution is -0.138. The molecule has 0 aliphatic carbocycles. The van der Waals surface area contributed by atoms with Crippen LogP contribution in [-0.2, 0) is 22.6 Å². The Balaban J connectivity index is 1.58. The molecule has 0 spiro atoms. The molecule has 2 aromatic rings. The molecule has 4 rings (SSSR count). The number of hydrogen-bond acceptors (Lipinski definition) is 4. The van der Waals surface area contributed by atoms with Gasteiger partial charge in [0.15, 0.2) is 0 Å². The van der Waals surface area contributed by atoms with Crippen LogP contribution in [0.1, 0.15) is 48.8 Å². The molecule has 7 heteroatoms. The van der Waals surface area contributed by atoms with Gasteiger partial charge in [-0.3, -0.25) is 14.5 Å². The normalized spacial score (nSPS) is 18.8. The third-order valence-corrected chi connectivity index (χ3v) is 6.70. The van der Waals surface area contributed by atoms with E-state index >= 15 is 0 Å². The van der Waals surface area contributed by atoms with E-state index in [0.717, 1.165) is 34.9 Å². The maximum Gasteiger partial charge on any atom is 0.233 e. The van der Waals surface area contributed by atoms with E-state index in [4.69, 9.17) is 21.6 Å². The summed E-state index contributed by atoms with van der Waals surface area (Å²) in [4.78, 5) is 38.7. The van der Waals surface area contributed by atoms with Gasteiger partial charge in [0.1, 0.15) is 11.6 Å². The SMILES string of the molecule is Cc1nc(C2CCN(C(=O)C(C)(C)CCl)C2)nc2c1CC(=O)N2Cc1ccccc1. The molecular formula is C23H27ClN4O2. The van der Waals surface area contributed by atoms with E-state index in [0.29, 0.717) is 26.1 Å². The highest BCUT2D eigenvalue weighted by Crippen LogP contribution is 2.34. The number of amides is 2. The molecule has 2 aliphatic heterocycles. The van der Waals surface area contributed by atoms with Gasteiger partial charge in [0, 0.05) is 36.1 Å². The lowest BCUT2D eigenvalue weighted by Crippen LogP contribution is -2.40. The number of aromatic nitrogens is 2. The second-order valence-corrected chi connectivity index (χ2v) is 9.13. The fourth-order valence-electron chi connectivity index (χ4n) is 4.15. The van der Waals surface area contributed by atoms with Crippen molar-refractivity contribution in [3.8, 4) is 0 Å². The summed E-state index contributed by atoms with van der Waals surface area (Å²) in [7, 11) is 0. The summed E-state index contributed by atoms with van der Waals surface area (Å²) in [5, 5.41) is 0. The van der Waals surface area contributed by atoms with E-state index in [9.17, 15) is 9.59 Å². The van der Waals surface area contributed by atoms with Crippen molar-refractivity contribution in [3.05, 3.63) is 53.0 Å². The minimum atomic E-state index is -0.579. The van der Waals surface area contributed by atoms with E-state index in [2.05, 4.69) is 0 Å². The van der Waals surface area contributed by atoms with Crippen molar-refractivity contribution in [1.29, 1.82) is 0 Å². The predicted molar refractivity (Wildman–Crippen MR) is 117 cm³/mol. The van der Waals surface area contributed by atoms with Crippen molar-refractivity contribution in [1.82, 2.24) is 14.9 Å². The Kier molecular flexibility index (Phi) is 5.53. The number of likely N-dealkylation sites (tertiary alicyclic amines) is 1. The third-order valence-electron chi connectivity index (χ3n) is 6.03. The van der Waals surface area contributed by atoms with Gasteiger partial charge >= 0.3 is 0 Å². The van der Waals surface area contributed by atoms with Gasteiger partial charge in [-0.1, -0.05) is 30.3 Å². The highest BCUT2D eigenvalue weighted by atomic mass is 35.5.